The van der Waals surface area contributed by atoms with E-state index in [9.17, 15) is 4.79 Å². The lowest BCUT2D eigenvalue weighted by Gasteiger charge is -2.16. The number of hydrogen-bond acceptors (Lipinski definition) is 3. The molecule has 3 aromatic heterocycles. The van der Waals surface area contributed by atoms with E-state index < -0.39 is 0 Å². The van der Waals surface area contributed by atoms with E-state index in [-0.39, 0.29) is 5.91 Å². The number of carbonyl (C=O) groups excluding carboxylic acids is 1. The number of hydrogen-bond donors (Lipinski definition) is 0. The molecule has 0 radical (unpaired) electrons. The molecule has 0 N–H and O–H groups in total. The Morgan fingerprint density at radius 3 is 2.91 bits per heavy atom. The van der Waals surface area contributed by atoms with E-state index in [1.54, 1.807) is 22.8 Å². The maximum absolute atomic E-state index is 12.6. The van der Waals surface area contributed by atoms with E-state index in [0.717, 1.165) is 23.6 Å². The van der Waals surface area contributed by atoms with Gasteiger partial charge >= 0.3 is 0 Å². The Hall–Kier alpha value is -2.63. The van der Waals surface area contributed by atoms with Gasteiger partial charge < -0.3 is 9.30 Å². The molecule has 0 bridgehead atoms. The van der Waals surface area contributed by atoms with Crippen molar-refractivity contribution >= 4 is 11.6 Å². The summed E-state index contributed by atoms with van der Waals surface area (Å²) in [7, 11) is 1.80. The van der Waals surface area contributed by atoms with Crippen LogP contribution in [0.2, 0.25) is 0 Å². The van der Waals surface area contributed by atoms with Crippen LogP contribution in [-0.2, 0) is 13.1 Å². The van der Waals surface area contributed by atoms with E-state index in [1.165, 1.54) is 0 Å². The molecule has 0 aromatic carbocycles. The number of imidazole rings is 1. The van der Waals surface area contributed by atoms with Gasteiger partial charge in [-0.15, -0.1) is 0 Å². The van der Waals surface area contributed by atoms with Gasteiger partial charge in [0.15, 0.2) is 0 Å². The summed E-state index contributed by atoms with van der Waals surface area (Å²) >= 11 is 0. The molecule has 0 spiro atoms. The van der Waals surface area contributed by atoms with Crippen molar-refractivity contribution in [1.82, 2.24) is 24.1 Å². The first-order chi connectivity index (χ1) is 10.6. The molecule has 0 saturated carbocycles. The highest BCUT2D eigenvalue weighted by Crippen LogP contribution is 2.13. The Morgan fingerprint density at radius 1 is 1.36 bits per heavy atom. The molecule has 0 aliphatic rings. The fourth-order valence-corrected chi connectivity index (χ4v) is 2.51. The van der Waals surface area contributed by atoms with Gasteiger partial charge in [-0.05, 0) is 26.0 Å². The fraction of sp³-hybridized carbons (Fsp3) is 0.312. The average Bonchev–Trinajstić information content (AvgIpc) is 3.10. The van der Waals surface area contributed by atoms with Gasteiger partial charge in [0.1, 0.15) is 5.65 Å². The second kappa shape index (κ2) is 5.63. The minimum atomic E-state index is -0.0249. The normalized spacial score (nSPS) is 11.0. The Morgan fingerprint density at radius 2 is 2.18 bits per heavy atom. The number of nitrogens with zero attached hydrogens (tertiary/aromatic N) is 5. The molecule has 1 amide bonds. The molecule has 0 atom stereocenters. The summed E-state index contributed by atoms with van der Waals surface area (Å²) in [6.07, 6.45) is 5.57. The lowest BCUT2D eigenvalue weighted by atomic mass is 10.2. The van der Waals surface area contributed by atoms with Crippen LogP contribution in [0.4, 0.5) is 0 Å². The van der Waals surface area contributed by atoms with Gasteiger partial charge in [-0.25, -0.2) is 4.98 Å². The summed E-state index contributed by atoms with van der Waals surface area (Å²) in [6.45, 7) is 5.12. The monoisotopic (exact) mass is 297 g/mol. The minimum absolute atomic E-state index is 0.0249. The lowest BCUT2D eigenvalue weighted by Crippen LogP contribution is -2.27. The van der Waals surface area contributed by atoms with Crippen molar-refractivity contribution < 1.29 is 4.79 Å². The molecule has 6 heteroatoms. The van der Waals surface area contributed by atoms with Crippen molar-refractivity contribution in [1.29, 1.82) is 0 Å². The smallest absolute Gasteiger partial charge is 0.257 e. The largest absolute Gasteiger partial charge is 0.336 e. The highest BCUT2D eigenvalue weighted by atomic mass is 16.2. The summed E-state index contributed by atoms with van der Waals surface area (Å²) in [5.41, 5.74) is 3.27. The molecule has 0 aliphatic carbocycles. The highest BCUT2D eigenvalue weighted by molar-refractivity contribution is 5.94. The molecule has 0 unspecified atom stereocenters. The number of aryl methyl sites for hydroxylation is 2. The molecule has 3 heterocycles. The van der Waals surface area contributed by atoms with Crippen molar-refractivity contribution in [2.45, 2.75) is 26.9 Å². The second-order valence-electron chi connectivity index (χ2n) is 5.32. The number of pyridine rings is 1. The van der Waals surface area contributed by atoms with Crippen LogP contribution in [0.15, 0.2) is 36.8 Å². The minimum Gasteiger partial charge on any atom is -0.336 e. The van der Waals surface area contributed by atoms with Gasteiger partial charge in [-0.3, -0.25) is 9.48 Å². The molecule has 6 nitrogen and oxygen atoms in total. The third kappa shape index (κ3) is 2.47. The zero-order chi connectivity index (χ0) is 15.7. The number of aromatic nitrogens is 4. The topological polar surface area (TPSA) is 55.4 Å². The van der Waals surface area contributed by atoms with Gasteiger partial charge in [0.25, 0.3) is 5.91 Å². The van der Waals surface area contributed by atoms with Crippen LogP contribution in [0, 0.1) is 6.92 Å². The third-order valence-corrected chi connectivity index (χ3v) is 3.74. The van der Waals surface area contributed by atoms with Gasteiger partial charge in [-0.1, -0.05) is 6.07 Å². The molecule has 0 saturated heterocycles. The Balaban J connectivity index is 1.83. The average molecular weight is 297 g/mol. The Labute approximate surface area is 129 Å². The maximum atomic E-state index is 12.6. The highest BCUT2D eigenvalue weighted by Gasteiger charge is 2.18. The summed E-state index contributed by atoms with van der Waals surface area (Å²) in [5.74, 6) is -0.0249. The van der Waals surface area contributed by atoms with Crippen LogP contribution in [0.1, 0.15) is 28.7 Å². The Bertz CT molecular complexity index is 817. The molecule has 0 fully saturated rings. The predicted molar refractivity (Wildman–Crippen MR) is 83.6 cm³/mol. The van der Waals surface area contributed by atoms with E-state index in [0.29, 0.717) is 12.1 Å². The molecule has 3 rings (SSSR count). The quantitative estimate of drug-likeness (QED) is 0.741. The number of fused-ring (bicyclic) bond motifs is 1. The Kier molecular flexibility index (Phi) is 3.66. The van der Waals surface area contributed by atoms with Crippen molar-refractivity contribution in [3.05, 3.63) is 53.7 Å². The molecule has 0 aliphatic heterocycles. The first-order valence-corrected chi connectivity index (χ1v) is 7.30. The molecular formula is C16H19N5O. The van der Waals surface area contributed by atoms with Crippen LogP contribution in [0.25, 0.3) is 5.65 Å². The zero-order valence-electron chi connectivity index (χ0n) is 13.0. The summed E-state index contributed by atoms with van der Waals surface area (Å²) in [4.78, 5) is 18.6. The summed E-state index contributed by atoms with van der Waals surface area (Å²) in [6, 6.07) is 5.85. The van der Waals surface area contributed by atoms with Crippen LogP contribution < -0.4 is 0 Å². The molecule has 3 aromatic rings. The molecule has 22 heavy (non-hydrogen) atoms. The van der Waals surface area contributed by atoms with Crippen LogP contribution in [-0.4, -0.2) is 37.0 Å². The predicted octanol–water partition coefficient (Wildman–Crippen LogP) is 2.13. The molecular weight excluding hydrogens is 278 g/mol. The van der Waals surface area contributed by atoms with Crippen molar-refractivity contribution in [3.8, 4) is 0 Å². The lowest BCUT2D eigenvalue weighted by molar-refractivity contribution is 0.0782. The number of carbonyl (C=O) groups is 1. The molecule has 114 valence electrons. The first kappa shape index (κ1) is 14.3. The van der Waals surface area contributed by atoms with E-state index in [2.05, 4.69) is 10.1 Å². The summed E-state index contributed by atoms with van der Waals surface area (Å²) < 4.78 is 3.77. The second-order valence-corrected chi connectivity index (χ2v) is 5.32. The SMILES string of the molecule is CCn1cc(C(=O)N(C)Cc2cnc3ccccn23)c(C)n1. The van der Waals surface area contributed by atoms with Gasteiger partial charge in [-0.2, -0.15) is 5.10 Å². The maximum Gasteiger partial charge on any atom is 0.257 e. The van der Waals surface area contributed by atoms with Gasteiger partial charge in [0, 0.05) is 26.0 Å². The van der Waals surface area contributed by atoms with Crippen LogP contribution in [0.5, 0.6) is 0 Å². The van der Waals surface area contributed by atoms with Crippen LogP contribution >= 0.6 is 0 Å². The van der Waals surface area contributed by atoms with Crippen molar-refractivity contribution in [2.24, 2.45) is 0 Å². The van der Waals surface area contributed by atoms with Crippen molar-refractivity contribution in [2.75, 3.05) is 7.05 Å². The van der Waals surface area contributed by atoms with E-state index in [1.807, 2.05) is 48.8 Å². The number of amides is 1. The van der Waals surface area contributed by atoms with E-state index >= 15 is 0 Å². The third-order valence-electron chi connectivity index (χ3n) is 3.74. The van der Waals surface area contributed by atoms with Crippen LogP contribution in [0.3, 0.4) is 0 Å². The standard InChI is InChI=1S/C16H19N5O/c1-4-20-11-14(12(2)18-20)16(22)19(3)10-13-9-17-15-7-5-6-8-21(13)15/h5-9,11H,4,10H2,1-3H3. The zero-order valence-corrected chi connectivity index (χ0v) is 13.0. The summed E-state index contributed by atoms with van der Waals surface area (Å²) in [5, 5.41) is 4.33. The van der Waals surface area contributed by atoms with Gasteiger partial charge in [0.05, 0.1) is 29.7 Å². The van der Waals surface area contributed by atoms with Gasteiger partial charge in [0.2, 0.25) is 0 Å². The first-order valence-electron chi connectivity index (χ1n) is 7.30. The van der Waals surface area contributed by atoms with Crippen molar-refractivity contribution in [3.63, 3.8) is 0 Å². The number of rotatable bonds is 4. The van der Waals surface area contributed by atoms with E-state index in [4.69, 9.17) is 0 Å². The fourth-order valence-electron chi connectivity index (χ4n) is 2.51.